The minimum atomic E-state index is -0.704. The predicted octanol–water partition coefficient (Wildman–Crippen LogP) is 4.90. The Labute approximate surface area is 209 Å². The molecule has 0 saturated carbocycles. The van der Waals surface area contributed by atoms with Gasteiger partial charge in [-0.2, -0.15) is 0 Å². The van der Waals surface area contributed by atoms with Crippen LogP contribution < -0.4 is 0 Å². The summed E-state index contributed by atoms with van der Waals surface area (Å²) in [6.07, 6.45) is 5.94. The number of benzene rings is 1. The highest BCUT2D eigenvalue weighted by atomic mass is 19.1. The molecule has 5 rings (SSSR count). The van der Waals surface area contributed by atoms with Gasteiger partial charge in [0.25, 0.3) is 0 Å². The predicted molar refractivity (Wildman–Crippen MR) is 140 cm³/mol. The van der Waals surface area contributed by atoms with Crippen LogP contribution in [0.5, 0.6) is 0 Å². The Morgan fingerprint density at radius 3 is 2.97 bits per heavy atom. The van der Waals surface area contributed by atoms with Crippen LogP contribution in [0.1, 0.15) is 29.7 Å². The van der Waals surface area contributed by atoms with Crippen molar-refractivity contribution in [2.75, 3.05) is 40.4 Å². The number of rotatable bonds is 8. The van der Waals surface area contributed by atoms with Crippen LogP contribution >= 0.6 is 0 Å². The molecule has 0 radical (unpaired) electrons. The van der Waals surface area contributed by atoms with Gasteiger partial charge in [0.05, 0.1) is 12.0 Å². The number of fused-ring (bicyclic) bond motifs is 2. The number of aromatic amines is 1. The summed E-state index contributed by atoms with van der Waals surface area (Å²) in [5, 5.41) is 10.6. The van der Waals surface area contributed by atoms with Crippen molar-refractivity contribution < 1.29 is 13.5 Å². The van der Waals surface area contributed by atoms with E-state index in [0.717, 1.165) is 40.5 Å². The maximum atomic E-state index is 13.6. The highest BCUT2D eigenvalue weighted by Gasteiger charge is 2.23. The van der Waals surface area contributed by atoms with Crippen molar-refractivity contribution >= 4 is 39.7 Å². The molecule has 0 atom stereocenters. The van der Waals surface area contributed by atoms with Gasteiger partial charge in [0.1, 0.15) is 11.9 Å². The number of H-pyrrole nitrogens is 1. The fraction of sp³-hybridized carbons (Fsp3) is 0.370. The molecule has 0 bridgehead atoms. The van der Waals surface area contributed by atoms with Gasteiger partial charge in [0.15, 0.2) is 11.6 Å². The van der Waals surface area contributed by atoms with Gasteiger partial charge < -0.3 is 19.0 Å². The highest BCUT2D eigenvalue weighted by Crippen LogP contribution is 2.34. The van der Waals surface area contributed by atoms with Crippen molar-refractivity contribution in [3.8, 4) is 0 Å². The van der Waals surface area contributed by atoms with E-state index < -0.39 is 6.17 Å². The molecule has 0 amide bonds. The number of ether oxygens (including phenoxy) is 1. The number of pyridine rings is 1. The van der Waals surface area contributed by atoms with Crippen LogP contribution in [0.2, 0.25) is 0 Å². The second kappa shape index (κ2) is 10.6. The molecule has 1 aliphatic rings. The van der Waals surface area contributed by atoms with Gasteiger partial charge in [0.2, 0.25) is 5.71 Å². The average molecular weight is 491 g/mol. The molecule has 9 heteroatoms. The van der Waals surface area contributed by atoms with E-state index in [1.165, 1.54) is 0 Å². The van der Waals surface area contributed by atoms with Crippen LogP contribution in [0.3, 0.4) is 0 Å². The number of furan rings is 1. The maximum absolute atomic E-state index is 13.6. The maximum Gasteiger partial charge on any atom is 0.229 e. The number of likely N-dealkylation sites (tertiary alicyclic amines) is 1. The third-order valence-electron chi connectivity index (χ3n) is 6.69. The van der Waals surface area contributed by atoms with Gasteiger partial charge in [-0.15, -0.1) is 0 Å². The summed E-state index contributed by atoms with van der Waals surface area (Å²) >= 11 is 0. The summed E-state index contributed by atoms with van der Waals surface area (Å²) in [6.45, 7) is 3.19. The topological polar surface area (TPSA) is 93.7 Å². The second-order valence-corrected chi connectivity index (χ2v) is 9.23. The van der Waals surface area contributed by atoms with Crippen LogP contribution in [0, 0.1) is 5.41 Å². The fourth-order valence-electron chi connectivity index (χ4n) is 4.58. The lowest BCUT2D eigenvalue weighted by atomic mass is 10.1. The zero-order chi connectivity index (χ0) is 25.1. The number of aliphatic imine (C=N–C) groups is 1. The number of methoxy groups -OCH3 is 1. The normalized spacial score (nSPS) is 15.4. The lowest BCUT2D eigenvalue weighted by Gasteiger charge is -2.28. The van der Waals surface area contributed by atoms with E-state index in [4.69, 9.17) is 19.6 Å². The molecule has 1 aliphatic heterocycles. The monoisotopic (exact) mass is 490 g/mol. The molecule has 188 valence electrons. The average Bonchev–Trinajstić information content (AvgIpc) is 3.52. The van der Waals surface area contributed by atoms with Crippen molar-refractivity contribution in [3.63, 3.8) is 0 Å². The quantitative estimate of drug-likeness (QED) is 0.271. The first-order chi connectivity index (χ1) is 17.5. The van der Waals surface area contributed by atoms with Crippen LogP contribution in [0.15, 0.2) is 52.1 Å². The lowest BCUT2D eigenvalue weighted by Crippen LogP contribution is -2.33. The zero-order valence-corrected chi connectivity index (χ0v) is 20.6. The van der Waals surface area contributed by atoms with Gasteiger partial charge in [-0.1, -0.05) is 12.1 Å². The molecule has 4 heterocycles. The van der Waals surface area contributed by atoms with Crippen molar-refractivity contribution in [2.24, 2.45) is 4.99 Å². The first kappa shape index (κ1) is 24.1. The highest BCUT2D eigenvalue weighted by molar-refractivity contribution is 6.08. The lowest BCUT2D eigenvalue weighted by molar-refractivity contribution is 0.145. The Morgan fingerprint density at radius 1 is 1.33 bits per heavy atom. The molecule has 0 aliphatic carbocycles. The Kier molecular flexibility index (Phi) is 7.11. The summed E-state index contributed by atoms with van der Waals surface area (Å²) in [4.78, 5) is 16.6. The first-order valence-corrected chi connectivity index (χ1v) is 12.2. The van der Waals surface area contributed by atoms with Crippen molar-refractivity contribution in [1.82, 2.24) is 19.8 Å². The Hall–Kier alpha value is -3.56. The molecule has 4 aromatic rings. The smallest absolute Gasteiger partial charge is 0.229 e. The van der Waals surface area contributed by atoms with Crippen molar-refractivity contribution in [2.45, 2.75) is 25.6 Å². The Bertz CT molecular complexity index is 1390. The molecule has 1 fully saturated rings. The van der Waals surface area contributed by atoms with Crippen molar-refractivity contribution in [3.05, 3.63) is 59.6 Å². The number of hydrogen-bond acceptors (Lipinski definition) is 6. The van der Waals surface area contributed by atoms with E-state index >= 15 is 0 Å². The number of nitrogens with one attached hydrogen (secondary N) is 2. The zero-order valence-electron chi connectivity index (χ0n) is 20.6. The number of nitrogens with zero attached hydrogens (tertiary/aromatic N) is 4. The number of aromatic nitrogens is 2. The molecule has 0 unspecified atom stereocenters. The van der Waals surface area contributed by atoms with Gasteiger partial charge >= 0.3 is 0 Å². The van der Waals surface area contributed by atoms with E-state index in [9.17, 15) is 4.39 Å². The fourth-order valence-corrected chi connectivity index (χ4v) is 4.58. The number of amidine groups is 1. The van der Waals surface area contributed by atoms with Crippen LogP contribution in [0.4, 0.5) is 10.1 Å². The van der Waals surface area contributed by atoms with Gasteiger partial charge in [-0.05, 0) is 36.6 Å². The van der Waals surface area contributed by atoms with Gasteiger partial charge in [0, 0.05) is 75.4 Å². The number of alkyl halides is 1. The standard InChI is InChI=1S/C27H31FN6O2/c1-33(12-13-35-2)26(29)25-24(31-16-19-4-3-5-23-21(19)6-9-30-23)22-14-18(15-32-27(22)36-25)17-34-10-7-20(28)8-11-34/h3-6,9,14-16,20,29-30H,7-8,10-13,17H2,1-2H3. The van der Waals surface area contributed by atoms with Crippen LogP contribution in [-0.2, 0) is 11.3 Å². The Morgan fingerprint density at radius 2 is 2.17 bits per heavy atom. The minimum Gasteiger partial charge on any atom is -0.432 e. The largest absolute Gasteiger partial charge is 0.432 e. The third kappa shape index (κ3) is 5.03. The van der Waals surface area contributed by atoms with E-state index in [0.29, 0.717) is 49.7 Å². The van der Waals surface area contributed by atoms with E-state index in [-0.39, 0.29) is 5.84 Å². The summed E-state index contributed by atoms with van der Waals surface area (Å²) in [6, 6.07) is 10.1. The summed E-state index contributed by atoms with van der Waals surface area (Å²) < 4.78 is 24.8. The van der Waals surface area contributed by atoms with Gasteiger partial charge in [-0.3, -0.25) is 15.3 Å². The molecule has 3 aromatic heterocycles. The number of halogens is 1. The van der Waals surface area contributed by atoms with Gasteiger partial charge in [-0.25, -0.2) is 9.37 Å². The van der Waals surface area contributed by atoms with E-state index in [1.807, 2.05) is 49.8 Å². The van der Waals surface area contributed by atoms with Crippen LogP contribution in [-0.4, -0.2) is 78.4 Å². The number of likely N-dealkylation sites (N-methyl/N-ethyl adjacent to an activating group) is 1. The third-order valence-corrected chi connectivity index (χ3v) is 6.69. The SMILES string of the molecule is COCCN(C)C(=N)c1oc2ncc(CN3CCC(F)CC3)cc2c1N=Cc1cccc2[nH]ccc12. The molecular weight excluding hydrogens is 459 g/mol. The molecule has 8 nitrogen and oxygen atoms in total. The molecule has 1 aromatic carbocycles. The van der Waals surface area contributed by atoms with E-state index in [2.05, 4.69) is 14.9 Å². The summed E-state index contributed by atoms with van der Waals surface area (Å²) in [7, 11) is 3.47. The van der Waals surface area contributed by atoms with E-state index in [1.54, 1.807) is 18.2 Å². The minimum absolute atomic E-state index is 0.212. The molecule has 1 saturated heterocycles. The molecule has 36 heavy (non-hydrogen) atoms. The number of piperidine rings is 1. The molecule has 0 spiro atoms. The Balaban J connectivity index is 1.52. The molecular formula is C27H31FN6O2. The molecule has 2 N–H and O–H groups in total. The number of hydrogen-bond donors (Lipinski definition) is 2. The van der Waals surface area contributed by atoms with Crippen molar-refractivity contribution in [1.29, 1.82) is 5.41 Å². The second-order valence-electron chi connectivity index (χ2n) is 9.23. The van der Waals surface area contributed by atoms with Crippen LogP contribution in [0.25, 0.3) is 22.0 Å². The first-order valence-electron chi connectivity index (χ1n) is 12.2. The summed E-state index contributed by atoms with van der Waals surface area (Å²) in [5.74, 6) is 0.576. The summed E-state index contributed by atoms with van der Waals surface area (Å²) in [5.41, 5.74) is 4.02.